The van der Waals surface area contributed by atoms with Gasteiger partial charge in [-0.05, 0) is 36.6 Å². The number of hydrogen-bond acceptors (Lipinski definition) is 1. The summed E-state index contributed by atoms with van der Waals surface area (Å²) < 4.78 is 7.86. The van der Waals surface area contributed by atoms with Gasteiger partial charge in [0, 0.05) is 6.07 Å². The third-order valence-electron chi connectivity index (χ3n) is 3.17. The van der Waals surface area contributed by atoms with Crippen LogP contribution in [-0.2, 0) is 13.2 Å². The van der Waals surface area contributed by atoms with Crippen LogP contribution >= 0.6 is 0 Å². The van der Waals surface area contributed by atoms with Gasteiger partial charge in [-0.1, -0.05) is 13.3 Å². The molecular formula is C14H16NO+. The molecule has 1 aliphatic rings. The number of hydrogen-bond donors (Lipinski definition) is 0. The minimum Gasteiger partial charge on any atom is -0.429 e. The zero-order valence-corrected chi connectivity index (χ0v) is 9.57. The molecule has 0 amide bonds. The second kappa shape index (κ2) is 3.78. The summed E-state index contributed by atoms with van der Waals surface area (Å²) in [5.74, 6) is 1.05. The Morgan fingerprint density at radius 2 is 2.31 bits per heavy atom. The molecule has 1 aromatic heterocycles. The van der Waals surface area contributed by atoms with Crippen LogP contribution in [0, 0.1) is 0 Å². The van der Waals surface area contributed by atoms with Crippen molar-refractivity contribution in [2.75, 3.05) is 0 Å². The Kier molecular flexibility index (Phi) is 2.28. The van der Waals surface area contributed by atoms with E-state index in [1.807, 2.05) is 0 Å². The molecule has 0 aliphatic carbocycles. The summed E-state index contributed by atoms with van der Waals surface area (Å²) in [4.78, 5) is 0. The molecule has 82 valence electrons. The Morgan fingerprint density at radius 1 is 1.38 bits per heavy atom. The highest BCUT2D eigenvalue weighted by Crippen LogP contribution is 2.28. The molecule has 2 aromatic rings. The second-order valence-corrected chi connectivity index (χ2v) is 4.39. The van der Waals surface area contributed by atoms with Gasteiger partial charge in [0.1, 0.15) is 0 Å². The van der Waals surface area contributed by atoms with Gasteiger partial charge >= 0.3 is 0 Å². The van der Waals surface area contributed by atoms with Gasteiger partial charge in [-0.15, -0.1) is 0 Å². The molecule has 0 saturated carbocycles. The minimum atomic E-state index is 0.657. The first-order valence-corrected chi connectivity index (χ1v) is 5.96. The van der Waals surface area contributed by atoms with E-state index < -0.39 is 0 Å². The molecular weight excluding hydrogens is 198 g/mol. The van der Waals surface area contributed by atoms with E-state index in [2.05, 4.69) is 42.0 Å². The highest BCUT2D eigenvalue weighted by Gasteiger charge is 2.22. The van der Waals surface area contributed by atoms with Crippen LogP contribution in [0.1, 0.15) is 25.3 Å². The summed E-state index contributed by atoms with van der Waals surface area (Å²) in [6.07, 6.45) is 5.71. The van der Waals surface area contributed by atoms with Crippen LogP contribution in [0.4, 0.5) is 0 Å². The normalized spacial score (nSPS) is 13.1. The third kappa shape index (κ3) is 1.45. The van der Waals surface area contributed by atoms with Gasteiger partial charge < -0.3 is 4.74 Å². The lowest BCUT2D eigenvalue weighted by Crippen LogP contribution is -2.31. The van der Waals surface area contributed by atoms with Crippen molar-refractivity contribution in [2.45, 2.75) is 32.9 Å². The Bertz CT molecular complexity index is 533. The Hall–Kier alpha value is -1.57. The topological polar surface area (TPSA) is 13.1 Å². The fourth-order valence-electron chi connectivity index (χ4n) is 2.33. The minimum absolute atomic E-state index is 0.657. The van der Waals surface area contributed by atoms with E-state index in [0.29, 0.717) is 6.73 Å². The first kappa shape index (κ1) is 9.64. The lowest BCUT2D eigenvalue weighted by Gasteiger charge is -2.01. The highest BCUT2D eigenvalue weighted by molar-refractivity contribution is 5.82. The van der Waals surface area contributed by atoms with E-state index >= 15 is 0 Å². The van der Waals surface area contributed by atoms with Crippen molar-refractivity contribution in [1.29, 1.82) is 0 Å². The number of aromatic nitrogens is 1. The SMILES string of the molecule is CCCCc1cc2c3c(ccc[n+]3CO2)c1. The van der Waals surface area contributed by atoms with Crippen LogP contribution in [0.5, 0.6) is 5.75 Å². The van der Waals surface area contributed by atoms with E-state index in [1.54, 1.807) is 0 Å². The van der Waals surface area contributed by atoms with Gasteiger partial charge in [-0.25, -0.2) is 0 Å². The van der Waals surface area contributed by atoms with Crippen molar-refractivity contribution in [3.8, 4) is 5.75 Å². The van der Waals surface area contributed by atoms with Crippen LogP contribution in [-0.4, -0.2) is 0 Å². The van der Waals surface area contributed by atoms with Crippen molar-refractivity contribution >= 4 is 10.9 Å². The summed E-state index contributed by atoms with van der Waals surface area (Å²) in [6, 6.07) is 8.74. The summed E-state index contributed by atoms with van der Waals surface area (Å²) in [5, 5.41) is 1.30. The molecule has 0 saturated heterocycles. The number of nitrogens with zero attached hydrogens (tertiary/aromatic N) is 1. The highest BCUT2D eigenvalue weighted by atomic mass is 16.5. The number of rotatable bonds is 3. The van der Waals surface area contributed by atoms with Crippen LogP contribution in [0.2, 0.25) is 0 Å². The monoisotopic (exact) mass is 214 g/mol. The number of ether oxygens (including phenoxy) is 1. The van der Waals surface area contributed by atoms with Gasteiger partial charge in [0.25, 0.3) is 12.2 Å². The van der Waals surface area contributed by atoms with Crippen LogP contribution in [0.25, 0.3) is 10.9 Å². The van der Waals surface area contributed by atoms with Gasteiger partial charge in [0.2, 0.25) is 0 Å². The predicted octanol–water partition coefficient (Wildman–Crippen LogP) is 2.82. The molecule has 2 heterocycles. The van der Waals surface area contributed by atoms with E-state index in [0.717, 1.165) is 12.2 Å². The predicted molar refractivity (Wildman–Crippen MR) is 63.4 cm³/mol. The first-order valence-electron chi connectivity index (χ1n) is 5.96. The summed E-state index contributed by atoms with van der Waals surface area (Å²) in [6.45, 7) is 2.88. The molecule has 0 fully saturated rings. The first-order chi connectivity index (χ1) is 7.88. The van der Waals surface area contributed by atoms with Crippen LogP contribution < -0.4 is 9.30 Å². The van der Waals surface area contributed by atoms with E-state index in [-0.39, 0.29) is 0 Å². The summed E-state index contributed by atoms with van der Waals surface area (Å²) in [5.41, 5.74) is 2.63. The molecule has 3 rings (SSSR count). The zero-order chi connectivity index (χ0) is 11.0. The zero-order valence-electron chi connectivity index (χ0n) is 9.57. The second-order valence-electron chi connectivity index (χ2n) is 4.39. The van der Waals surface area contributed by atoms with Crippen molar-refractivity contribution in [3.63, 3.8) is 0 Å². The molecule has 0 radical (unpaired) electrons. The molecule has 0 bridgehead atoms. The molecule has 0 spiro atoms. The largest absolute Gasteiger partial charge is 0.429 e. The Morgan fingerprint density at radius 3 is 3.19 bits per heavy atom. The molecule has 0 unspecified atom stereocenters. The maximum Gasteiger partial charge on any atom is 0.293 e. The quantitative estimate of drug-likeness (QED) is 0.716. The maximum atomic E-state index is 5.70. The lowest BCUT2D eigenvalue weighted by molar-refractivity contribution is -0.688. The smallest absolute Gasteiger partial charge is 0.293 e. The van der Waals surface area contributed by atoms with Crippen molar-refractivity contribution < 1.29 is 9.30 Å². The van der Waals surface area contributed by atoms with Crippen LogP contribution in [0.3, 0.4) is 0 Å². The van der Waals surface area contributed by atoms with E-state index in [1.165, 1.54) is 29.3 Å². The maximum absolute atomic E-state index is 5.70. The summed E-state index contributed by atoms with van der Waals surface area (Å²) in [7, 11) is 0. The van der Waals surface area contributed by atoms with Gasteiger partial charge in [0.05, 0.1) is 5.39 Å². The fourth-order valence-corrected chi connectivity index (χ4v) is 2.33. The molecule has 2 heteroatoms. The molecule has 0 atom stereocenters. The van der Waals surface area contributed by atoms with Gasteiger partial charge in [0.15, 0.2) is 11.9 Å². The van der Waals surface area contributed by atoms with Crippen LogP contribution in [0.15, 0.2) is 30.5 Å². The molecule has 16 heavy (non-hydrogen) atoms. The molecule has 0 N–H and O–H groups in total. The number of pyridine rings is 1. The van der Waals surface area contributed by atoms with Gasteiger partial charge in [-0.2, -0.15) is 4.57 Å². The third-order valence-corrected chi connectivity index (χ3v) is 3.17. The molecule has 1 aliphatic heterocycles. The lowest BCUT2D eigenvalue weighted by atomic mass is 10.1. The molecule has 1 aromatic carbocycles. The van der Waals surface area contributed by atoms with E-state index in [4.69, 9.17) is 4.74 Å². The standard InChI is InChI=1S/C14H16NO/c1-2-3-5-11-8-12-6-4-7-15-10-16-13(9-11)14(12)15/h4,6-9H,2-3,5,10H2,1H3/q+1. The van der Waals surface area contributed by atoms with Crippen molar-refractivity contribution in [3.05, 3.63) is 36.0 Å². The average molecular weight is 214 g/mol. The van der Waals surface area contributed by atoms with Gasteiger partial charge in [-0.3, -0.25) is 0 Å². The number of benzene rings is 1. The Balaban J connectivity index is 2.11. The Labute approximate surface area is 95.5 Å². The fraction of sp³-hybridized carbons (Fsp3) is 0.357. The number of unbranched alkanes of at least 4 members (excludes halogenated alkanes) is 1. The average Bonchev–Trinajstić information content (AvgIpc) is 2.72. The summed E-state index contributed by atoms with van der Waals surface area (Å²) >= 11 is 0. The van der Waals surface area contributed by atoms with Crippen molar-refractivity contribution in [2.24, 2.45) is 0 Å². The molecule has 2 nitrogen and oxygen atoms in total. The number of aryl methyl sites for hydroxylation is 1. The van der Waals surface area contributed by atoms with Crippen molar-refractivity contribution in [1.82, 2.24) is 0 Å². The van der Waals surface area contributed by atoms with E-state index in [9.17, 15) is 0 Å².